The second-order valence-corrected chi connectivity index (χ2v) is 7.13. The summed E-state index contributed by atoms with van der Waals surface area (Å²) in [7, 11) is 0. The quantitative estimate of drug-likeness (QED) is 0.907. The molecule has 1 amide bonds. The van der Waals surface area contributed by atoms with Crippen LogP contribution in [0.25, 0.3) is 0 Å². The zero-order valence-corrected chi connectivity index (χ0v) is 15.1. The van der Waals surface area contributed by atoms with Crippen LogP contribution < -0.4 is 5.73 Å². The summed E-state index contributed by atoms with van der Waals surface area (Å²) in [5.41, 5.74) is 5.95. The zero-order valence-electron chi connectivity index (χ0n) is 14.3. The molecule has 0 spiro atoms. The highest BCUT2D eigenvalue weighted by Gasteiger charge is 2.47. The van der Waals surface area contributed by atoms with Gasteiger partial charge in [-0.1, -0.05) is 23.4 Å². The Bertz CT molecular complexity index is 759. The Balaban J connectivity index is 0.00000182. The molecule has 1 saturated carbocycles. The molecule has 2 heterocycles. The zero-order chi connectivity index (χ0) is 16.8. The third-order valence-corrected chi connectivity index (χ3v) is 5.48. The number of halogens is 1. The minimum absolute atomic E-state index is 0. The van der Waals surface area contributed by atoms with Crippen molar-refractivity contribution in [2.45, 2.75) is 50.1 Å². The maximum atomic E-state index is 12.9. The van der Waals surface area contributed by atoms with E-state index < -0.39 is 11.1 Å². The summed E-state index contributed by atoms with van der Waals surface area (Å²) in [6.07, 6.45) is 4.59. The molecule has 1 saturated heterocycles. The number of carbonyl (C=O) groups excluding carboxylic acids is 1. The average molecular weight is 363 g/mol. The van der Waals surface area contributed by atoms with Gasteiger partial charge in [-0.25, -0.2) is 0 Å². The van der Waals surface area contributed by atoms with Crippen LogP contribution in [-0.2, 0) is 11.1 Å². The smallest absolute Gasteiger partial charge is 0.254 e. The molecule has 2 aliphatic rings. The van der Waals surface area contributed by atoms with Gasteiger partial charge in [0, 0.05) is 12.1 Å². The van der Waals surface area contributed by atoms with E-state index in [1.807, 2.05) is 42.2 Å². The summed E-state index contributed by atoms with van der Waals surface area (Å²) in [4.78, 5) is 19.4. The molecular formula is C18H23ClN4O2. The molecule has 0 bridgehead atoms. The van der Waals surface area contributed by atoms with Gasteiger partial charge in [0.1, 0.15) is 5.54 Å². The van der Waals surface area contributed by atoms with Crippen LogP contribution in [0, 0.1) is 0 Å². The lowest BCUT2D eigenvalue weighted by Crippen LogP contribution is -2.45. The van der Waals surface area contributed by atoms with E-state index in [0.29, 0.717) is 23.8 Å². The Morgan fingerprint density at radius 1 is 1.20 bits per heavy atom. The first-order valence-corrected chi connectivity index (χ1v) is 8.54. The highest BCUT2D eigenvalue weighted by Crippen LogP contribution is 2.41. The molecule has 2 aromatic rings. The van der Waals surface area contributed by atoms with Crippen molar-refractivity contribution < 1.29 is 9.32 Å². The predicted octanol–water partition coefficient (Wildman–Crippen LogP) is 2.98. The molecule has 2 fully saturated rings. The molecule has 1 aromatic heterocycles. The van der Waals surface area contributed by atoms with Gasteiger partial charge >= 0.3 is 0 Å². The van der Waals surface area contributed by atoms with Crippen LogP contribution in [0.1, 0.15) is 61.1 Å². The number of hydrogen-bond acceptors (Lipinski definition) is 5. The summed E-state index contributed by atoms with van der Waals surface area (Å²) in [5.74, 6) is 1.07. The third-order valence-electron chi connectivity index (χ3n) is 5.48. The molecule has 6 nitrogen and oxygen atoms in total. The first-order valence-electron chi connectivity index (χ1n) is 8.54. The Morgan fingerprint density at radius 2 is 1.92 bits per heavy atom. The van der Waals surface area contributed by atoms with E-state index in [-0.39, 0.29) is 18.3 Å². The van der Waals surface area contributed by atoms with E-state index in [2.05, 4.69) is 10.1 Å². The fraction of sp³-hybridized carbons (Fsp3) is 0.500. The van der Waals surface area contributed by atoms with Gasteiger partial charge in [0.25, 0.3) is 11.8 Å². The standard InChI is InChI=1S/C18H22N4O2.ClH/c1-17(16-20-15(21-24-16)18(19)10-5-11-18)9-6-12-22(17)14(23)13-7-3-2-4-8-13;/h2-4,7-8H,5-6,9-12,19H2,1H3;1H. The van der Waals surface area contributed by atoms with Gasteiger partial charge in [-0.2, -0.15) is 4.98 Å². The van der Waals surface area contributed by atoms with E-state index in [9.17, 15) is 4.79 Å². The molecule has 1 aromatic carbocycles. The third kappa shape index (κ3) is 2.83. The first kappa shape index (κ1) is 17.9. The summed E-state index contributed by atoms with van der Waals surface area (Å²) in [6.45, 7) is 2.69. The summed E-state index contributed by atoms with van der Waals surface area (Å²) in [6, 6.07) is 9.33. The molecular weight excluding hydrogens is 340 g/mol. The summed E-state index contributed by atoms with van der Waals surface area (Å²) in [5, 5.41) is 4.12. The summed E-state index contributed by atoms with van der Waals surface area (Å²) < 4.78 is 5.55. The fourth-order valence-corrected chi connectivity index (χ4v) is 3.67. The van der Waals surface area contributed by atoms with E-state index in [4.69, 9.17) is 10.3 Å². The van der Waals surface area contributed by atoms with Crippen molar-refractivity contribution in [3.8, 4) is 0 Å². The van der Waals surface area contributed by atoms with Gasteiger partial charge in [0.2, 0.25) is 0 Å². The van der Waals surface area contributed by atoms with Crippen LogP contribution in [0.5, 0.6) is 0 Å². The number of aromatic nitrogens is 2. The van der Waals surface area contributed by atoms with Crippen LogP contribution in [0.3, 0.4) is 0 Å². The van der Waals surface area contributed by atoms with Gasteiger partial charge in [0.15, 0.2) is 5.82 Å². The lowest BCUT2D eigenvalue weighted by Gasteiger charge is -2.35. The Morgan fingerprint density at radius 3 is 2.56 bits per heavy atom. The van der Waals surface area contributed by atoms with Crippen LogP contribution in [0.4, 0.5) is 0 Å². The molecule has 1 unspecified atom stereocenters. The molecule has 134 valence electrons. The first-order chi connectivity index (χ1) is 11.5. The maximum absolute atomic E-state index is 12.9. The van der Waals surface area contributed by atoms with E-state index in [1.165, 1.54) is 0 Å². The van der Waals surface area contributed by atoms with Gasteiger partial charge in [-0.15, -0.1) is 12.4 Å². The number of nitrogens with zero attached hydrogens (tertiary/aromatic N) is 3. The number of amides is 1. The van der Waals surface area contributed by atoms with E-state index >= 15 is 0 Å². The molecule has 25 heavy (non-hydrogen) atoms. The molecule has 0 radical (unpaired) electrons. The molecule has 7 heteroatoms. The van der Waals surface area contributed by atoms with Gasteiger partial charge in [0.05, 0.1) is 5.54 Å². The topological polar surface area (TPSA) is 85.2 Å². The Kier molecular flexibility index (Phi) is 4.60. The number of rotatable bonds is 3. The van der Waals surface area contributed by atoms with Crippen molar-refractivity contribution in [1.82, 2.24) is 15.0 Å². The minimum atomic E-state index is -0.571. The van der Waals surface area contributed by atoms with Crippen molar-refractivity contribution in [2.75, 3.05) is 6.54 Å². The van der Waals surface area contributed by atoms with Crippen LogP contribution in [0.15, 0.2) is 34.9 Å². The van der Waals surface area contributed by atoms with Crippen molar-refractivity contribution in [3.63, 3.8) is 0 Å². The van der Waals surface area contributed by atoms with Crippen molar-refractivity contribution in [2.24, 2.45) is 5.73 Å². The van der Waals surface area contributed by atoms with Gasteiger partial charge < -0.3 is 15.2 Å². The number of nitrogens with two attached hydrogens (primary N) is 1. The lowest BCUT2D eigenvalue weighted by atomic mass is 9.77. The van der Waals surface area contributed by atoms with Crippen LogP contribution in [-0.4, -0.2) is 27.5 Å². The maximum Gasteiger partial charge on any atom is 0.254 e. The lowest BCUT2D eigenvalue weighted by molar-refractivity contribution is 0.0551. The fourth-order valence-electron chi connectivity index (χ4n) is 3.67. The molecule has 4 rings (SSSR count). The van der Waals surface area contributed by atoms with Crippen molar-refractivity contribution in [3.05, 3.63) is 47.6 Å². The van der Waals surface area contributed by atoms with E-state index in [0.717, 1.165) is 32.1 Å². The largest absolute Gasteiger partial charge is 0.337 e. The number of likely N-dealkylation sites (tertiary alicyclic amines) is 1. The summed E-state index contributed by atoms with van der Waals surface area (Å²) >= 11 is 0. The monoisotopic (exact) mass is 362 g/mol. The molecule has 1 aliphatic carbocycles. The Labute approximate surface area is 153 Å². The number of benzene rings is 1. The van der Waals surface area contributed by atoms with Crippen molar-refractivity contribution in [1.29, 1.82) is 0 Å². The molecule has 2 N–H and O–H groups in total. The highest BCUT2D eigenvalue weighted by atomic mass is 35.5. The SMILES string of the molecule is CC1(c2nc(C3(N)CCC3)no2)CCCN1C(=O)c1ccccc1.Cl. The van der Waals surface area contributed by atoms with Crippen molar-refractivity contribution >= 4 is 18.3 Å². The normalized spacial score (nSPS) is 24.5. The molecule has 1 aliphatic heterocycles. The van der Waals surface area contributed by atoms with Gasteiger partial charge in [-0.05, 0) is 51.2 Å². The van der Waals surface area contributed by atoms with E-state index in [1.54, 1.807) is 0 Å². The number of hydrogen-bond donors (Lipinski definition) is 1. The second-order valence-electron chi connectivity index (χ2n) is 7.13. The predicted molar refractivity (Wildman–Crippen MR) is 95.3 cm³/mol. The molecule has 1 atom stereocenters. The van der Waals surface area contributed by atoms with Crippen LogP contribution >= 0.6 is 12.4 Å². The van der Waals surface area contributed by atoms with Crippen LogP contribution in [0.2, 0.25) is 0 Å². The average Bonchev–Trinajstić information content (AvgIpc) is 3.21. The van der Waals surface area contributed by atoms with Gasteiger partial charge in [-0.3, -0.25) is 4.79 Å². The number of carbonyl (C=O) groups is 1. The second kappa shape index (κ2) is 6.42. The minimum Gasteiger partial charge on any atom is -0.337 e. The Hall–Kier alpha value is -1.92. The highest BCUT2D eigenvalue weighted by molar-refractivity contribution is 5.94.